The van der Waals surface area contributed by atoms with Crippen LogP contribution in [0, 0.1) is 0 Å². The molecule has 0 N–H and O–H groups in total. The molecule has 1 aliphatic carbocycles. The van der Waals surface area contributed by atoms with Gasteiger partial charge in [0.1, 0.15) is 0 Å². The van der Waals surface area contributed by atoms with Crippen molar-refractivity contribution >= 4 is 5.91 Å². The van der Waals surface area contributed by atoms with E-state index >= 15 is 0 Å². The summed E-state index contributed by atoms with van der Waals surface area (Å²) in [6.07, 6.45) is 6.43. The smallest absolute Gasteiger partial charge is 0.291 e. The minimum absolute atomic E-state index is 0.0856. The van der Waals surface area contributed by atoms with Crippen molar-refractivity contribution in [1.82, 2.24) is 19.7 Å². The molecule has 5 rings (SSSR count). The van der Waals surface area contributed by atoms with Crippen LogP contribution in [0.5, 0.6) is 0 Å². The zero-order valence-electron chi connectivity index (χ0n) is 13.8. The first-order chi connectivity index (χ1) is 12.3. The third-order valence-corrected chi connectivity index (χ3v) is 4.88. The second kappa shape index (κ2) is 5.58. The van der Waals surface area contributed by atoms with Gasteiger partial charge in [-0.3, -0.25) is 4.79 Å². The first kappa shape index (κ1) is 14.5. The van der Waals surface area contributed by atoms with Crippen molar-refractivity contribution in [1.29, 1.82) is 0 Å². The summed E-state index contributed by atoms with van der Waals surface area (Å²) in [7, 11) is 0. The Morgan fingerprint density at radius 3 is 2.80 bits per heavy atom. The van der Waals surface area contributed by atoms with Crippen molar-refractivity contribution in [2.45, 2.75) is 31.7 Å². The van der Waals surface area contributed by atoms with Gasteiger partial charge < -0.3 is 9.32 Å². The van der Waals surface area contributed by atoms with Gasteiger partial charge in [-0.25, -0.2) is 9.67 Å². The molecule has 3 aromatic rings. The normalized spacial score (nSPS) is 16.7. The highest BCUT2D eigenvalue weighted by molar-refractivity contribution is 5.91. The number of rotatable bonds is 3. The molecule has 3 heterocycles. The van der Waals surface area contributed by atoms with Gasteiger partial charge in [-0.05, 0) is 25.0 Å². The summed E-state index contributed by atoms with van der Waals surface area (Å²) in [4.78, 5) is 18.8. The van der Waals surface area contributed by atoms with Crippen LogP contribution in [0.3, 0.4) is 0 Å². The Labute approximate surface area is 145 Å². The molecule has 0 spiro atoms. The van der Waals surface area contributed by atoms with E-state index in [9.17, 15) is 4.79 Å². The minimum Gasteiger partial charge on any atom is -0.435 e. The number of amides is 1. The maximum atomic E-state index is 12.7. The van der Waals surface area contributed by atoms with Crippen LogP contribution >= 0.6 is 0 Å². The van der Waals surface area contributed by atoms with Crippen LogP contribution in [0.25, 0.3) is 5.69 Å². The van der Waals surface area contributed by atoms with Crippen molar-refractivity contribution in [3.63, 3.8) is 0 Å². The standard InChI is InChI=1S/C19H18N4O2/c24-19(17-11-20-18(25-17)13-6-7-13)22-9-8-16-14(12-22)10-21-23(16)15-4-2-1-3-5-15/h1-5,10-11,13H,6-9,12H2. The lowest BCUT2D eigenvalue weighted by Crippen LogP contribution is -2.36. The van der Waals surface area contributed by atoms with E-state index in [1.165, 1.54) is 5.69 Å². The molecule has 1 saturated carbocycles. The highest BCUT2D eigenvalue weighted by atomic mass is 16.4. The molecule has 2 aromatic heterocycles. The van der Waals surface area contributed by atoms with E-state index in [0.717, 1.165) is 30.5 Å². The topological polar surface area (TPSA) is 64.2 Å². The molecular weight excluding hydrogens is 316 g/mol. The highest BCUT2D eigenvalue weighted by Gasteiger charge is 2.31. The zero-order valence-corrected chi connectivity index (χ0v) is 13.8. The summed E-state index contributed by atoms with van der Waals surface area (Å²) in [5, 5.41) is 4.51. The van der Waals surface area contributed by atoms with Gasteiger partial charge in [0.25, 0.3) is 5.91 Å². The maximum absolute atomic E-state index is 12.7. The number of carbonyl (C=O) groups excluding carboxylic acids is 1. The highest BCUT2D eigenvalue weighted by Crippen LogP contribution is 2.39. The molecule has 0 saturated heterocycles. The van der Waals surface area contributed by atoms with Crippen molar-refractivity contribution in [2.75, 3.05) is 6.54 Å². The minimum atomic E-state index is -0.0856. The van der Waals surface area contributed by atoms with Crippen LogP contribution in [0.4, 0.5) is 0 Å². The molecule has 0 radical (unpaired) electrons. The third-order valence-electron chi connectivity index (χ3n) is 4.88. The SMILES string of the molecule is O=C(c1cnc(C2CC2)o1)N1CCc2c(cnn2-c2ccccc2)C1. The molecule has 25 heavy (non-hydrogen) atoms. The van der Waals surface area contributed by atoms with Crippen LogP contribution in [-0.2, 0) is 13.0 Å². The molecule has 1 aromatic carbocycles. The van der Waals surface area contributed by atoms with E-state index in [2.05, 4.69) is 10.1 Å². The second-order valence-electron chi connectivity index (χ2n) is 6.68. The predicted octanol–water partition coefficient (Wildman–Crippen LogP) is 2.94. The summed E-state index contributed by atoms with van der Waals surface area (Å²) in [6.45, 7) is 1.21. The van der Waals surface area contributed by atoms with Gasteiger partial charge in [0.05, 0.1) is 23.8 Å². The van der Waals surface area contributed by atoms with E-state index in [-0.39, 0.29) is 5.91 Å². The number of hydrogen-bond donors (Lipinski definition) is 0. The van der Waals surface area contributed by atoms with Gasteiger partial charge in [-0.15, -0.1) is 0 Å². The second-order valence-corrected chi connectivity index (χ2v) is 6.68. The Kier molecular flexibility index (Phi) is 3.23. The zero-order chi connectivity index (χ0) is 16.8. The monoisotopic (exact) mass is 334 g/mol. The van der Waals surface area contributed by atoms with Crippen molar-refractivity contribution < 1.29 is 9.21 Å². The van der Waals surface area contributed by atoms with Crippen LogP contribution in [-0.4, -0.2) is 32.1 Å². The largest absolute Gasteiger partial charge is 0.435 e. The summed E-state index contributed by atoms with van der Waals surface area (Å²) in [5.41, 5.74) is 3.31. The van der Waals surface area contributed by atoms with Gasteiger partial charge >= 0.3 is 0 Å². The first-order valence-electron chi connectivity index (χ1n) is 8.66. The number of fused-ring (bicyclic) bond motifs is 1. The summed E-state index contributed by atoms with van der Waals surface area (Å²) in [6, 6.07) is 10.1. The summed E-state index contributed by atoms with van der Waals surface area (Å²) >= 11 is 0. The Balaban J connectivity index is 1.37. The number of hydrogen-bond acceptors (Lipinski definition) is 4. The number of carbonyl (C=O) groups is 1. The Morgan fingerprint density at radius 2 is 2.00 bits per heavy atom. The fourth-order valence-electron chi connectivity index (χ4n) is 3.36. The molecule has 1 fully saturated rings. The molecule has 0 atom stereocenters. The molecular formula is C19H18N4O2. The number of oxazole rings is 1. The number of para-hydroxylation sites is 1. The molecule has 0 bridgehead atoms. The van der Waals surface area contributed by atoms with Gasteiger partial charge in [-0.1, -0.05) is 18.2 Å². The van der Waals surface area contributed by atoms with Crippen LogP contribution in [0.1, 0.15) is 46.5 Å². The molecule has 1 amide bonds. The molecule has 2 aliphatic rings. The van der Waals surface area contributed by atoms with Crippen LogP contribution < -0.4 is 0 Å². The van der Waals surface area contributed by atoms with Crippen molar-refractivity contribution in [3.05, 3.63) is 65.6 Å². The van der Waals surface area contributed by atoms with Gasteiger partial charge in [0, 0.05) is 31.0 Å². The summed E-state index contributed by atoms with van der Waals surface area (Å²) < 4.78 is 7.63. The van der Waals surface area contributed by atoms with Crippen LogP contribution in [0.2, 0.25) is 0 Å². The lowest BCUT2D eigenvalue weighted by Gasteiger charge is -2.26. The molecule has 1 aliphatic heterocycles. The van der Waals surface area contributed by atoms with Crippen molar-refractivity contribution in [3.8, 4) is 5.69 Å². The van der Waals surface area contributed by atoms with Gasteiger partial charge in [0.15, 0.2) is 5.89 Å². The Morgan fingerprint density at radius 1 is 1.16 bits per heavy atom. The average molecular weight is 334 g/mol. The lowest BCUT2D eigenvalue weighted by atomic mass is 10.1. The van der Waals surface area contributed by atoms with E-state index < -0.39 is 0 Å². The number of nitrogens with zero attached hydrogens (tertiary/aromatic N) is 4. The maximum Gasteiger partial charge on any atom is 0.291 e. The summed E-state index contributed by atoms with van der Waals surface area (Å²) in [5.74, 6) is 1.38. The van der Waals surface area contributed by atoms with Crippen molar-refractivity contribution in [2.24, 2.45) is 0 Å². The third kappa shape index (κ3) is 2.54. The van der Waals surface area contributed by atoms with E-state index in [1.807, 2.05) is 46.1 Å². The quantitative estimate of drug-likeness (QED) is 0.739. The fraction of sp³-hybridized carbons (Fsp3) is 0.316. The van der Waals surface area contributed by atoms with Gasteiger partial charge in [-0.2, -0.15) is 5.10 Å². The van der Waals surface area contributed by atoms with Gasteiger partial charge in [0.2, 0.25) is 5.76 Å². The van der Waals surface area contributed by atoms with E-state index in [0.29, 0.717) is 30.7 Å². The van der Waals surface area contributed by atoms with Crippen LogP contribution in [0.15, 0.2) is 47.1 Å². The first-order valence-corrected chi connectivity index (χ1v) is 8.66. The average Bonchev–Trinajstić information content (AvgIpc) is 3.24. The number of benzene rings is 1. The Bertz CT molecular complexity index is 924. The molecule has 6 nitrogen and oxygen atoms in total. The molecule has 6 heteroatoms. The predicted molar refractivity (Wildman–Crippen MR) is 90.5 cm³/mol. The Hall–Kier alpha value is -2.89. The van der Waals surface area contributed by atoms with E-state index in [4.69, 9.17) is 4.42 Å². The fourth-order valence-corrected chi connectivity index (χ4v) is 3.36. The number of aromatic nitrogens is 3. The lowest BCUT2D eigenvalue weighted by molar-refractivity contribution is 0.0699. The van der Waals surface area contributed by atoms with E-state index in [1.54, 1.807) is 6.20 Å². The molecule has 126 valence electrons. The molecule has 0 unspecified atom stereocenters.